The van der Waals surface area contributed by atoms with E-state index in [0.29, 0.717) is 33.9 Å². The number of piperazine rings is 1. The lowest BCUT2D eigenvalue weighted by atomic mass is 10.0. The fourth-order valence-electron chi connectivity index (χ4n) is 4.45. The van der Waals surface area contributed by atoms with Crippen LogP contribution in [0.1, 0.15) is 5.56 Å². The number of nitrogens with zero attached hydrogens (tertiary/aromatic N) is 5. The smallest absolute Gasteiger partial charge is 0.273 e. The Morgan fingerprint density at radius 3 is 2.68 bits per heavy atom. The van der Waals surface area contributed by atoms with E-state index in [-0.39, 0.29) is 18.0 Å². The van der Waals surface area contributed by atoms with Gasteiger partial charge in [0, 0.05) is 39.3 Å². The summed E-state index contributed by atoms with van der Waals surface area (Å²) in [6, 6.07) is 14.8. The Kier molecular flexibility index (Phi) is 6.40. The van der Waals surface area contributed by atoms with E-state index in [4.69, 9.17) is 12.2 Å². The molecule has 0 atom stereocenters. The summed E-state index contributed by atoms with van der Waals surface area (Å²) in [6.45, 7) is 7.95. The number of allylic oxidation sites excluding steroid dienone is 1. The number of amides is 1. The summed E-state index contributed by atoms with van der Waals surface area (Å²) in [7, 11) is 0. The van der Waals surface area contributed by atoms with E-state index in [0.717, 1.165) is 19.6 Å². The molecule has 9 heteroatoms. The Morgan fingerprint density at radius 2 is 1.88 bits per heavy atom. The zero-order valence-corrected chi connectivity index (χ0v) is 20.4. The molecule has 1 saturated heterocycles. The highest BCUT2D eigenvalue weighted by atomic mass is 32.1. The SMILES string of the molecule is C=CCn1c(=S)sc2c(=O)n(CC(=O)N3CCN(Cc4cccc5ccccc45)CC3)cnc21. The Hall–Kier alpha value is -3.14. The minimum absolute atomic E-state index is 0.0167. The van der Waals surface area contributed by atoms with Gasteiger partial charge >= 0.3 is 0 Å². The van der Waals surface area contributed by atoms with Crippen LogP contribution in [0.4, 0.5) is 0 Å². The molecule has 174 valence electrons. The van der Waals surface area contributed by atoms with Gasteiger partial charge in [-0.15, -0.1) is 6.58 Å². The van der Waals surface area contributed by atoms with Crippen LogP contribution in [0.5, 0.6) is 0 Å². The molecule has 0 bridgehead atoms. The van der Waals surface area contributed by atoms with Crippen molar-refractivity contribution in [2.24, 2.45) is 0 Å². The van der Waals surface area contributed by atoms with Crippen molar-refractivity contribution in [1.29, 1.82) is 0 Å². The highest BCUT2D eigenvalue weighted by molar-refractivity contribution is 7.73. The third-order valence-corrected chi connectivity index (χ3v) is 7.69. The monoisotopic (exact) mass is 491 g/mol. The van der Waals surface area contributed by atoms with Crippen LogP contribution in [-0.4, -0.2) is 56.0 Å². The van der Waals surface area contributed by atoms with Crippen molar-refractivity contribution in [2.45, 2.75) is 19.6 Å². The third kappa shape index (κ3) is 4.34. The number of rotatable bonds is 6. The molecule has 0 radical (unpaired) electrons. The predicted octanol–water partition coefficient (Wildman–Crippen LogP) is 3.67. The number of carbonyl (C=O) groups excluding carboxylic acids is 1. The molecule has 5 rings (SSSR count). The van der Waals surface area contributed by atoms with E-state index >= 15 is 0 Å². The normalized spacial score (nSPS) is 14.6. The molecule has 7 nitrogen and oxygen atoms in total. The van der Waals surface area contributed by atoms with Gasteiger partial charge in [-0.2, -0.15) is 0 Å². The summed E-state index contributed by atoms with van der Waals surface area (Å²) in [5.74, 6) is -0.0674. The van der Waals surface area contributed by atoms with Crippen molar-refractivity contribution in [3.63, 3.8) is 0 Å². The summed E-state index contributed by atoms with van der Waals surface area (Å²) in [4.78, 5) is 34.5. The molecule has 3 heterocycles. The third-order valence-electron chi connectivity index (χ3n) is 6.26. The number of aromatic nitrogens is 3. The fourth-order valence-corrected chi connectivity index (χ4v) is 5.76. The van der Waals surface area contributed by atoms with Gasteiger partial charge in [-0.3, -0.25) is 19.1 Å². The van der Waals surface area contributed by atoms with Crippen LogP contribution in [0, 0.1) is 3.95 Å². The van der Waals surface area contributed by atoms with Gasteiger partial charge in [-0.05, 0) is 28.6 Å². The van der Waals surface area contributed by atoms with Crippen LogP contribution in [0.15, 0.2) is 66.2 Å². The van der Waals surface area contributed by atoms with Gasteiger partial charge in [0.05, 0.1) is 0 Å². The second-order valence-corrected chi connectivity index (χ2v) is 10.0. The van der Waals surface area contributed by atoms with Crippen molar-refractivity contribution in [2.75, 3.05) is 26.2 Å². The number of hydrogen-bond donors (Lipinski definition) is 0. The molecule has 0 unspecified atom stereocenters. The number of hydrogen-bond acceptors (Lipinski definition) is 6. The summed E-state index contributed by atoms with van der Waals surface area (Å²) in [5.41, 5.74) is 1.62. The molecular weight excluding hydrogens is 466 g/mol. The average molecular weight is 492 g/mol. The van der Waals surface area contributed by atoms with E-state index in [2.05, 4.69) is 58.9 Å². The maximum absolute atomic E-state index is 13.0. The largest absolute Gasteiger partial charge is 0.339 e. The fraction of sp³-hybridized carbons (Fsp3) is 0.280. The first-order valence-electron chi connectivity index (χ1n) is 11.2. The van der Waals surface area contributed by atoms with Gasteiger partial charge in [0.15, 0.2) is 9.60 Å². The van der Waals surface area contributed by atoms with Gasteiger partial charge < -0.3 is 9.47 Å². The Morgan fingerprint density at radius 1 is 1.12 bits per heavy atom. The van der Waals surface area contributed by atoms with Crippen LogP contribution in [0.2, 0.25) is 0 Å². The van der Waals surface area contributed by atoms with Gasteiger partial charge in [0.1, 0.15) is 17.6 Å². The van der Waals surface area contributed by atoms with Crippen LogP contribution >= 0.6 is 23.6 Å². The number of fused-ring (bicyclic) bond motifs is 2. The second-order valence-electron chi connectivity index (χ2n) is 8.39. The molecule has 0 N–H and O–H groups in total. The summed E-state index contributed by atoms with van der Waals surface area (Å²) >= 11 is 6.59. The lowest BCUT2D eigenvalue weighted by molar-refractivity contribution is -0.133. The molecule has 0 saturated carbocycles. The predicted molar refractivity (Wildman–Crippen MR) is 139 cm³/mol. The van der Waals surface area contributed by atoms with Crippen LogP contribution in [0.3, 0.4) is 0 Å². The second kappa shape index (κ2) is 9.61. The summed E-state index contributed by atoms with van der Waals surface area (Å²) in [6.07, 6.45) is 3.17. The average Bonchev–Trinajstić information content (AvgIpc) is 3.17. The molecule has 1 amide bonds. The van der Waals surface area contributed by atoms with E-state index in [9.17, 15) is 9.59 Å². The highest BCUT2D eigenvalue weighted by Gasteiger charge is 2.22. The first kappa shape index (κ1) is 22.6. The molecule has 34 heavy (non-hydrogen) atoms. The molecular formula is C25H25N5O2S2. The zero-order valence-electron chi connectivity index (χ0n) is 18.7. The number of carbonyl (C=O) groups is 1. The van der Waals surface area contributed by atoms with Crippen molar-refractivity contribution in [3.8, 4) is 0 Å². The van der Waals surface area contributed by atoms with Crippen molar-refractivity contribution in [3.05, 3.63) is 81.3 Å². The quantitative estimate of drug-likeness (QED) is 0.304. The van der Waals surface area contributed by atoms with E-state index in [1.165, 1.54) is 38.6 Å². The molecule has 4 aromatic rings. The van der Waals surface area contributed by atoms with Crippen molar-refractivity contribution in [1.82, 2.24) is 23.9 Å². The molecule has 2 aromatic heterocycles. The molecule has 0 spiro atoms. The molecule has 1 aliphatic heterocycles. The topological polar surface area (TPSA) is 63.4 Å². The lowest BCUT2D eigenvalue weighted by Crippen LogP contribution is -2.49. The van der Waals surface area contributed by atoms with Crippen LogP contribution < -0.4 is 5.56 Å². The first-order chi connectivity index (χ1) is 16.5. The minimum Gasteiger partial charge on any atom is -0.339 e. The summed E-state index contributed by atoms with van der Waals surface area (Å²) < 4.78 is 4.22. The minimum atomic E-state index is -0.230. The molecule has 0 aliphatic carbocycles. The maximum Gasteiger partial charge on any atom is 0.273 e. The Labute approximate surface area is 206 Å². The molecule has 1 aliphatic rings. The van der Waals surface area contributed by atoms with Gasteiger partial charge in [0.25, 0.3) is 5.56 Å². The zero-order chi connectivity index (χ0) is 23.7. The van der Waals surface area contributed by atoms with Gasteiger partial charge in [0.2, 0.25) is 5.91 Å². The first-order valence-corrected chi connectivity index (χ1v) is 12.4. The summed E-state index contributed by atoms with van der Waals surface area (Å²) in [5, 5.41) is 2.52. The molecule has 2 aromatic carbocycles. The highest BCUT2D eigenvalue weighted by Crippen LogP contribution is 2.21. The van der Waals surface area contributed by atoms with Crippen LogP contribution in [-0.2, 0) is 24.4 Å². The maximum atomic E-state index is 13.0. The number of thiazole rings is 1. The Bertz CT molecular complexity index is 1490. The number of benzene rings is 2. The Balaban J connectivity index is 1.24. The van der Waals surface area contributed by atoms with Crippen molar-refractivity contribution >= 4 is 50.6 Å². The lowest BCUT2D eigenvalue weighted by Gasteiger charge is -2.35. The van der Waals surface area contributed by atoms with Gasteiger partial charge in [-0.1, -0.05) is 59.9 Å². The standard InChI is InChI=1S/C25H25N5O2S2/c1-2-10-30-23-22(34-25(30)33)24(32)29(17-26-23)16-21(31)28-13-11-27(12-14-28)15-19-8-5-7-18-6-3-4-9-20(18)19/h2-9,17H,1,10-16H2. The van der Waals surface area contributed by atoms with Crippen molar-refractivity contribution < 1.29 is 4.79 Å². The van der Waals surface area contributed by atoms with E-state index in [1.54, 1.807) is 10.6 Å². The molecule has 1 fully saturated rings. The van der Waals surface area contributed by atoms with Gasteiger partial charge in [-0.25, -0.2) is 4.98 Å². The van der Waals surface area contributed by atoms with Crippen LogP contribution in [0.25, 0.3) is 21.1 Å². The van der Waals surface area contributed by atoms with E-state index < -0.39 is 0 Å². The van der Waals surface area contributed by atoms with E-state index in [1.807, 2.05) is 4.90 Å².